The number of benzene rings is 1. The first-order chi connectivity index (χ1) is 11.2. The maximum atomic E-state index is 12.3. The lowest BCUT2D eigenvalue weighted by Gasteiger charge is -2.14. The zero-order valence-electron chi connectivity index (χ0n) is 13.2. The molecular formula is C18H19N3O2. The highest BCUT2D eigenvalue weighted by Crippen LogP contribution is 2.19. The van der Waals surface area contributed by atoms with Crippen LogP contribution in [-0.4, -0.2) is 23.0 Å². The van der Waals surface area contributed by atoms with Gasteiger partial charge in [0.05, 0.1) is 19.6 Å². The number of ether oxygens (including phenoxy) is 1. The van der Waals surface area contributed by atoms with Gasteiger partial charge in [0, 0.05) is 17.8 Å². The first kappa shape index (κ1) is 15.1. The highest BCUT2D eigenvalue weighted by Gasteiger charge is 2.12. The van der Waals surface area contributed by atoms with Gasteiger partial charge in [-0.15, -0.1) is 0 Å². The summed E-state index contributed by atoms with van der Waals surface area (Å²) in [6, 6.07) is 11.5. The van der Waals surface area contributed by atoms with Gasteiger partial charge in [0.15, 0.2) is 0 Å². The number of pyridine rings is 1. The van der Waals surface area contributed by atoms with Crippen LogP contribution in [0.15, 0.2) is 48.8 Å². The number of fused-ring (bicyclic) bond motifs is 1. The second-order valence-electron chi connectivity index (χ2n) is 5.45. The fourth-order valence-electron chi connectivity index (χ4n) is 2.60. The maximum absolute atomic E-state index is 12.3. The molecule has 2 heterocycles. The summed E-state index contributed by atoms with van der Waals surface area (Å²) in [6.07, 6.45) is 3.90. The van der Waals surface area contributed by atoms with Gasteiger partial charge in [-0.3, -0.25) is 4.79 Å². The third kappa shape index (κ3) is 3.34. The number of carbonyl (C=O) groups excluding carboxylic acids is 1. The van der Waals surface area contributed by atoms with Crippen molar-refractivity contribution in [2.75, 3.05) is 7.11 Å². The largest absolute Gasteiger partial charge is 0.497 e. The molecular weight excluding hydrogens is 290 g/mol. The molecule has 0 saturated heterocycles. The van der Waals surface area contributed by atoms with E-state index in [-0.39, 0.29) is 11.9 Å². The predicted octanol–water partition coefficient (Wildman–Crippen LogP) is 2.99. The lowest BCUT2D eigenvalue weighted by Crippen LogP contribution is -2.28. The van der Waals surface area contributed by atoms with Gasteiger partial charge < -0.3 is 15.0 Å². The van der Waals surface area contributed by atoms with E-state index in [0.29, 0.717) is 6.42 Å². The van der Waals surface area contributed by atoms with E-state index in [9.17, 15) is 4.79 Å². The lowest BCUT2D eigenvalue weighted by molar-refractivity contribution is -0.121. The predicted molar refractivity (Wildman–Crippen MR) is 89.3 cm³/mol. The third-order valence-electron chi connectivity index (χ3n) is 3.88. The molecule has 5 nitrogen and oxygen atoms in total. The first-order valence-electron chi connectivity index (χ1n) is 7.51. The molecule has 0 radical (unpaired) electrons. The van der Waals surface area contributed by atoms with Crippen LogP contribution in [0.2, 0.25) is 0 Å². The van der Waals surface area contributed by atoms with E-state index in [1.54, 1.807) is 13.3 Å². The molecule has 23 heavy (non-hydrogen) atoms. The highest BCUT2D eigenvalue weighted by molar-refractivity contribution is 5.87. The van der Waals surface area contributed by atoms with Gasteiger partial charge in [0.1, 0.15) is 11.4 Å². The summed E-state index contributed by atoms with van der Waals surface area (Å²) < 4.78 is 5.14. The van der Waals surface area contributed by atoms with Crippen LogP contribution in [0.3, 0.4) is 0 Å². The summed E-state index contributed by atoms with van der Waals surface area (Å²) >= 11 is 0. The van der Waals surface area contributed by atoms with Crippen LogP contribution in [0.5, 0.6) is 5.75 Å². The van der Waals surface area contributed by atoms with Crippen LogP contribution < -0.4 is 10.1 Å². The van der Waals surface area contributed by atoms with E-state index < -0.39 is 0 Å². The molecule has 0 aliphatic rings. The van der Waals surface area contributed by atoms with Crippen molar-refractivity contribution in [2.45, 2.75) is 19.4 Å². The molecule has 0 saturated carbocycles. The monoisotopic (exact) mass is 309 g/mol. The molecule has 5 heteroatoms. The lowest BCUT2D eigenvalue weighted by atomic mass is 10.1. The Labute approximate surface area is 134 Å². The number of nitrogens with zero attached hydrogens (tertiary/aromatic N) is 1. The van der Waals surface area contributed by atoms with Gasteiger partial charge in [-0.2, -0.15) is 0 Å². The molecule has 118 valence electrons. The number of hydrogen-bond acceptors (Lipinski definition) is 3. The van der Waals surface area contributed by atoms with Crippen molar-refractivity contribution >= 4 is 16.9 Å². The molecule has 0 bridgehead atoms. The van der Waals surface area contributed by atoms with Crippen LogP contribution >= 0.6 is 0 Å². The molecule has 3 aromatic rings. The van der Waals surface area contributed by atoms with Crippen molar-refractivity contribution in [1.29, 1.82) is 0 Å². The summed E-state index contributed by atoms with van der Waals surface area (Å²) in [5, 5.41) is 4.01. The van der Waals surface area contributed by atoms with Crippen LogP contribution in [0.25, 0.3) is 11.0 Å². The van der Waals surface area contributed by atoms with Crippen LogP contribution in [0, 0.1) is 0 Å². The number of hydrogen-bond donors (Lipinski definition) is 2. The Hall–Kier alpha value is -2.82. The molecule has 0 fully saturated rings. The summed E-state index contributed by atoms with van der Waals surface area (Å²) in [4.78, 5) is 19.6. The Kier molecular flexibility index (Phi) is 4.28. The van der Waals surface area contributed by atoms with Crippen molar-refractivity contribution in [3.05, 3.63) is 59.9 Å². The van der Waals surface area contributed by atoms with Crippen molar-refractivity contribution < 1.29 is 9.53 Å². The van der Waals surface area contributed by atoms with Crippen molar-refractivity contribution in [1.82, 2.24) is 15.3 Å². The van der Waals surface area contributed by atoms with Crippen molar-refractivity contribution in [3.8, 4) is 5.75 Å². The number of rotatable bonds is 5. The third-order valence-corrected chi connectivity index (χ3v) is 3.88. The molecule has 0 aliphatic carbocycles. The number of carbonyl (C=O) groups is 1. The molecule has 3 rings (SSSR count). The van der Waals surface area contributed by atoms with Crippen LogP contribution in [0.4, 0.5) is 0 Å². The van der Waals surface area contributed by atoms with Crippen molar-refractivity contribution in [3.63, 3.8) is 0 Å². The van der Waals surface area contributed by atoms with Gasteiger partial charge in [-0.05, 0) is 42.3 Å². The Morgan fingerprint density at radius 1 is 1.30 bits per heavy atom. The SMILES string of the molecule is COc1ccc([C@@H](C)NC(=O)Cc2c[nH]c3ncccc23)cc1. The second kappa shape index (κ2) is 6.52. The average Bonchev–Trinajstić information content (AvgIpc) is 2.98. The van der Waals surface area contributed by atoms with Crippen LogP contribution in [0.1, 0.15) is 24.1 Å². The number of nitrogens with one attached hydrogen (secondary N) is 2. The number of aromatic nitrogens is 2. The number of methoxy groups -OCH3 is 1. The van der Waals surface area contributed by atoms with E-state index in [2.05, 4.69) is 15.3 Å². The molecule has 0 aliphatic heterocycles. The van der Waals surface area contributed by atoms with Gasteiger partial charge in [0.2, 0.25) is 5.91 Å². The molecule has 2 aromatic heterocycles. The summed E-state index contributed by atoms with van der Waals surface area (Å²) in [7, 11) is 1.64. The minimum Gasteiger partial charge on any atom is -0.497 e. The number of aromatic amines is 1. The normalized spacial score (nSPS) is 12.1. The second-order valence-corrected chi connectivity index (χ2v) is 5.45. The average molecular weight is 309 g/mol. The molecule has 2 N–H and O–H groups in total. The summed E-state index contributed by atoms with van der Waals surface area (Å²) in [5.74, 6) is 0.789. The zero-order chi connectivity index (χ0) is 16.2. The molecule has 1 atom stereocenters. The Balaban J connectivity index is 1.66. The Bertz CT molecular complexity index is 809. The minimum absolute atomic E-state index is 0.0157. The van der Waals surface area contributed by atoms with E-state index >= 15 is 0 Å². The quantitative estimate of drug-likeness (QED) is 0.761. The van der Waals surface area contributed by atoms with Gasteiger partial charge in [0.25, 0.3) is 0 Å². The summed E-state index contributed by atoms with van der Waals surface area (Å²) in [6.45, 7) is 1.97. The topological polar surface area (TPSA) is 67.0 Å². The van der Waals surface area contributed by atoms with Gasteiger partial charge in [-0.25, -0.2) is 4.98 Å². The molecule has 0 unspecified atom stereocenters. The number of amides is 1. The van der Waals surface area contributed by atoms with E-state index in [1.807, 2.05) is 49.5 Å². The zero-order valence-corrected chi connectivity index (χ0v) is 13.2. The van der Waals surface area contributed by atoms with Crippen molar-refractivity contribution in [2.24, 2.45) is 0 Å². The fraction of sp³-hybridized carbons (Fsp3) is 0.222. The molecule has 0 spiro atoms. The summed E-state index contributed by atoms with van der Waals surface area (Å²) in [5.41, 5.74) is 2.80. The minimum atomic E-state index is -0.0586. The maximum Gasteiger partial charge on any atom is 0.224 e. The fourth-order valence-corrected chi connectivity index (χ4v) is 2.60. The van der Waals surface area contributed by atoms with E-state index in [4.69, 9.17) is 4.74 Å². The van der Waals surface area contributed by atoms with E-state index in [0.717, 1.165) is 27.9 Å². The smallest absolute Gasteiger partial charge is 0.224 e. The van der Waals surface area contributed by atoms with E-state index in [1.165, 1.54) is 0 Å². The highest BCUT2D eigenvalue weighted by atomic mass is 16.5. The van der Waals surface area contributed by atoms with Gasteiger partial charge in [-0.1, -0.05) is 12.1 Å². The first-order valence-corrected chi connectivity index (χ1v) is 7.51. The standard InChI is InChI=1S/C18H19N3O2/c1-12(13-5-7-15(23-2)8-6-13)21-17(22)10-14-11-20-18-16(14)4-3-9-19-18/h3-9,11-12H,10H2,1-2H3,(H,19,20)(H,21,22)/t12-/m1/s1. The Morgan fingerprint density at radius 2 is 2.09 bits per heavy atom. The molecule has 1 aromatic carbocycles. The van der Waals surface area contributed by atoms with Crippen LogP contribution in [-0.2, 0) is 11.2 Å². The number of H-pyrrole nitrogens is 1. The Morgan fingerprint density at radius 3 is 2.83 bits per heavy atom. The van der Waals surface area contributed by atoms with Gasteiger partial charge >= 0.3 is 0 Å². The molecule has 1 amide bonds.